The highest BCUT2D eigenvalue weighted by Crippen LogP contribution is 2.33. The Labute approximate surface area is 195 Å². The zero-order valence-electron chi connectivity index (χ0n) is 16.5. The van der Waals surface area contributed by atoms with Gasteiger partial charge in [-0.1, -0.05) is 64.9 Å². The van der Waals surface area contributed by atoms with Gasteiger partial charge in [-0.25, -0.2) is 0 Å². The molecule has 0 fully saturated rings. The van der Waals surface area contributed by atoms with Crippen molar-refractivity contribution in [3.05, 3.63) is 85.1 Å². The minimum Gasteiger partial charge on any atom is -0.426 e. The molecule has 0 amide bonds. The van der Waals surface area contributed by atoms with Crippen molar-refractivity contribution in [2.75, 3.05) is 0 Å². The number of rotatable bonds is 3. The molecular formula is C23H13Cl2N3O3S. The van der Waals surface area contributed by atoms with Crippen molar-refractivity contribution >= 4 is 62.3 Å². The number of thiazole rings is 1. The van der Waals surface area contributed by atoms with Crippen LogP contribution in [0.3, 0.4) is 0 Å². The van der Waals surface area contributed by atoms with E-state index < -0.39 is 5.97 Å². The topological polar surface area (TPSA) is 73.6 Å². The molecule has 0 atom stereocenters. The summed E-state index contributed by atoms with van der Waals surface area (Å²) in [5, 5.41) is 7.20. The lowest BCUT2D eigenvalue weighted by atomic mass is 10.1. The third-order valence-electron chi connectivity index (χ3n) is 4.77. The molecule has 9 heteroatoms. The lowest BCUT2D eigenvalue weighted by molar-refractivity contribution is -0.131. The predicted octanol–water partition coefficient (Wildman–Crippen LogP) is 4.75. The zero-order chi connectivity index (χ0) is 22.4. The van der Waals surface area contributed by atoms with E-state index in [2.05, 4.69) is 10.1 Å². The molecule has 5 aromatic rings. The summed E-state index contributed by atoms with van der Waals surface area (Å²) in [5.41, 5.74) is 0.884. The minimum absolute atomic E-state index is 0.298. The Morgan fingerprint density at radius 2 is 1.84 bits per heavy atom. The second-order valence-electron chi connectivity index (χ2n) is 7.00. The van der Waals surface area contributed by atoms with Gasteiger partial charge >= 0.3 is 5.97 Å². The van der Waals surface area contributed by atoms with Crippen molar-refractivity contribution in [3.8, 4) is 17.1 Å². The monoisotopic (exact) mass is 481 g/mol. The third kappa shape index (κ3) is 3.75. The molecule has 3 aromatic carbocycles. The second kappa shape index (κ2) is 8.02. The summed E-state index contributed by atoms with van der Waals surface area (Å²) in [5.74, 6) is 0.178. The van der Waals surface area contributed by atoms with Gasteiger partial charge < -0.3 is 4.74 Å². The molecule has 0 aliphatic heterocycles. The van der Waals surface area contributed by atoms with Gasteiger partial charge in [0.05, 0.1) is 10.1 Å². The number of aromatic nitrogens is 3. The first-order valence-electron chi connectivity index (χ1n) is 9.47. The number of fused-ring (bicyclic) bond motifs is 2. The Bertz CT molecular complexity index is 1640. The second-order valence-corrected chi connectivity index (χ2v) is 8.85. The number of benzene rings is 3. The van der Waals surface area contributed by atoms with Crippen molar-refractivity contribution in [1.82, 2.24) is 14.6 Å². The standard InChI is InChI=1S/C23H13Cl2N3O3S/c1-12(29)31-19-9-14-5-3-2-4-13(14)8-17(19)21-26-23-28(27-21)22(30)20(32-23)10-15-6-7-16(24)11-18(15)25/h2-11H,1H3. The van der Waals surface area contributed by atoms with E-state index >= 15 is 0 Å². The van der Waals surface area contributed by atoms with E-state index in [1.165, 1.54) is 22.8 Å². The van der Waals surface area contributed by atoms with Crippen LogP contribution in [-0.2, 0) is 4.79 Å². The SMILES string of the molecule is CC(=O)Oc1cc2ccccc2cc1-c1nc2sc(=Cc3ccc(Cl)cc3Cl)c(=O)n2n1. The number of carbonyl (C=O) groups excluding carboxylic acids is 1. The van der Waals surface area contributed by atoms with Crippen LogP contribution in [0.2, 0.25) is 10.0 Å². The summed E-state index contributed by atoms with van der Waals surface area (Å²) in [6.45, 7) is 1.33. The van der Waals surface area contributed by atoms with Gasteiger partial charge in [-0.05, 0) is 46.7 Å². The van der Waals surface area contributed by atoms with Crippen molar-refractivity contribution in [3.63, 3.8) is 0 Å². The van der Waals surface area contributed by atoms with Crippen LogP contribution < -0.4 is 14.8 Å². The Kier molecular flexibility index (Phi) is 5.17. The van der Waals surface area contributed by atoms with Crippen LogP contribution in [0.15, 0.2) is 59.4 Å². The maximum absolute atomic E-state index is 12.9. The molecular weight excluding hydrogens is 469 g/mol. The summed E-state index contributed by atoms with van der Waals surface area (Å²) in [6, 6.07) is 16.3. The molecule has 0 aliphatic carbocycles. The fourth-order valence-corrected chi connectivity index (χ4v) is 4.70. The van der Waals surface area contributed by atoms with Crippen molar-refractivity contribution in [1.29, 1.82) is 0 Å². The zero-order valence-corrected chi connectivity index (χ0v) is 18.8. The number of hydrogen-bond acceptors (Lipinski definition) is 6. The molecule has 0 N–H and O–H groups in total. The summed E-state index contributed by atoms with van der Waals surface area (Å²) in [4.78, 5) is 29.5. The number of halogens is 2. The molecule has 0 unspecified atom stereocenters. The predicted molar refractivity (Wildman–Crippen MR) is 127 cm³/mol. The normalized spacial score (nSPS) is 12.0. The lowest BCUT2D eigenvalue weighted by Gasteiger charge is -2.08. The molecule has 0 saturated carbocycles. The van der Waals surface area contributed by atoms with Crippen LogP contribution in [-0.4, -0.2) is 20.6 Å². The van der Waals surface area contributed by atoms with Gasteiger partial charge in [0.15, 0.2) is 5.82 Å². The van der Waals surface area contributed by atoms with Gasteiger partial charge in [0.25, 0.3) is 5.56 Å². The first-order valence-corrected chi connectivity index (χ1v) is 11.0. The Hall–Kier alpha value is -3.26. The minimum atomic E-state index is -0.455. The van der Waals surface area contributed by atoms with Gasteiger partial charge in [0.1, 0.15) is 5.75 Å². The number of carbonyl (C=O) groups is 1. The Morgan fingerprint density at radius 1 is 1.09 bits per heavy atom. The Balaban J connectivity index is 1.65. The van der Waals surface area contributed by atoms with Crippen LogP contribution in [0, 0.1) is 0 Å². The van der Waals surface area contributed by atoms with Crippen LogP contribution in [0.25, 0.3) is 33.2 Å². The average molecular weight is 482 g/mol. The molecule has 0 aliphatic rings. The quantitative estimate of drug-likeness (QED) is 0.274. The van der Waals surface area contributed by atoms with Gasteiger partial charge in [-0.15, -0.1) is 5.10 Å². The molecule has 0 spiro atoms. The molecule has 6 nitrogen and oxygen atoms in total. The maximum atomic E-state index is 12.9. The van der Waals surface area contributed by atoms with E-state index in [1.54, 1.807) is 30.3 Å². The number of esters is 1. The van der Waals surface area contributed by atoms with Crippen molar-refractivity contribution < 1.29 is 9.53 Å². The maximum Gasteiger partial charge on any atom is 0.308 e. The van der Waals surface area contributed by atoms with E-state index in [0.29, 0.717) is 42.2 Å². The molecule has 0 bridgehead atoms. The summed E-state index contributed by atoms with van der Waals surface area (Å²) >= 11 is 13.4. The highest BCUT2D eigenvalue weighted by molar-refractivity contribution is 7.15. The molecule has 32 heavy (non-hydrogen) atoms. The smallest absolute Gasteiger partial charge is 0.308 e. The molecule has 158 valence electrons. The largest absolute Gasteiger partial charge is 0.426 e. The van der Waals surface area contributed by atoms with Crippen LogP contribution >= 0.6 is 34.5 Å². The summed E-state index contributed by atoms with van der Waals surface area (Å²) < 4.78 is 7.08. The van der Waals surface area contributed by atoms with Crippen LogP contribution in [0.4, 0.5) is 0 Å². The Morgan fingerprint density at radius 3 is 2.53 bits per heavy atom. The third-order valence-corrected chi connectivity index (χ3v) is 6.30. The van der Waals surface area contributed by atoms with Crippen LogP contribution in [0.5, 0.6) is 5.75 Å². The number of hydrogen-bond donors (Lipinski definition) is 0. The molecule has 2 aromatic heterocycles. The molecule has 0 saturated heterocycles. The van der Waals surface area contributed by atoms with Gasteiger partial charge in [-0.3, -0.25) is 9.59 Å². The number of nitrogens with zero attached hydrogens (tertiary/aromatic N) is 3. The van der Waals surface area contributed by atoms with Gasteiger partial charge in [0, 0.05) is 17.0 Å². The van der Waals surface area contributed by atoms with E-state index in [1.807, 2.05) is 30.3 Å². The van der Waals surface area contributed by atoms with E-state index in [-0.39, 0.29) is 5.56 Å². The van der Waals surface area contributed by atoms with E-state index in [0.717, 1.165) is 10.8 Å². The average Bonchev–Trinajstić information content (AvgIpc) is 3.28. The first-order chi connectivity index (χ1) is 15.4. The highest BCUT2D eigenvalue weighted by Gasteiger charge is 2.18. The summed E-state index contributed by atoms with van der Waals surface area (Å²) in [6.07, 6.45) is 1.68. The molecule has 0 radical (unpaired) electrons. The summed E-state index contributed by atoms with van der Waals surface area (Å²) in [7, 11) is 0. The molecule has 2 heterocycles. The van der Waals surface area contributed by atoms with Crippen molar-refractivity contribution in [2.24, 2.45) is 0 Å². The molecule has 5 rings (SSSR count). The highest BCUT2D eigenvalue weighted by atomic mass is 35.5. The van der Waals surface area contributed by atoms with E-state index in [9.17, 15) is 9.59 Å². The van der Waals surface area contributed by atoms with Gasteiger partial charge in [0.2, 0.25) is 4.96 Å². The van der Waals surface area contributed by atoms with Gasteiger partial charge in [-0.2, -0.15) is 9.50 Å². The van der Waals surface area contributed by atoms with E-state index in [4.69, 9.17) is 27.9 Å². The van der Waals surface area contributed by atoms with Crippen molar-refractivity contribution in [2.45, 2.75) is 6.92 Å². The fraction of sp³-hybridized carbons (Fsp3) is 0.0435. The lowest BCUT2D eigenvalue weighted by Crippen LogP contribution is -2.23. The van der Waals surface area contributed by atoms with Crippen LogP contribution in [0.1, 0.15) is 12.5 Å². The fourth-order valence-electron chi connectivity index (χ4n) is 3.34. The first kappa shape index (κ1) is 20.6. The number of ether oxygens (including phenoxy) is 1.